The molecule has 0 aliphatic rings. The van der Waals surface area contributed by atoms with Crippen LogP contribution in [0.2, 0.25) is 0 Å². The normalized spacial score (nSPS) is 10.7. The van der Waals surface area contributed by atoms with Crippen molar-refractivity contribution >= 4 is 11.7 Å². The van der Waals surface area contributed by atoms with Crippen molar-refractivity contribution in [3.05, 3.63) is 39.7 Å². The van der Waals surface area contributed by atoms with Crippen LogP contribution < -0.4 is 0 Å². The van der Waals surface area contributed by atoms with Crippen molar-refractivity contribution in [2.45, 2.75) is 19.4 Å². The minimum atomic E-state index is -0.880. The maximum atomic E-state index is 13.8. The summed E-state index contributed by atoms with van der Waals surface area (Å²) in [6.45, 7) is 0.682. The number of nitro groups is 1. The van der Waals surface area contributed by atoms with Crippen LogP contribution in [0.4, 0.5) is 10.1 Å². The minimum absolute atomic E-state index is 0.0434. The molecule has 1 rings (SSSR count). The van der Waals surface area contributed by atoms with E-state index in [2.05, 4.69) is 0 Å². The molecule has 7 heteroatoms. The van der Waals surface area contributed by atoms with E-state index >= 15 is 0 Å². The zero-order chi connectivity index (χ0) is 14.4. The number of halogens is 1. The summed E-state index contributed by atoms with van der Waals surface area (Å²) in [7, 11) is 1.71. The summed E-state index contributed by atoms with van der Waals surface area (Å²) in [5.41, 5.74) is -0.316. The Labute approximate surface area is 109 Å². The molecule has 6 nitrogen and oxygen atoms in total. The van der Waals surface area contributed by atoms with E-state index in [1.54, 1.807) is 11.9 Å². The van der Waals surface area contributed by atoms with E-state index in [9.17, 15) is 19.3 Å². The summed E-state index contributed by atoms with van der Waals surface area (Å²) in [5.74, 6) is -1.72. The average Bonchev–Trinajstić information content (AvgIpc) is 2.31. The van der Waals surface area contributed by atoms with Crippen LogP contribution in [0.25, 0.3) is 0 Å². The van der Waals surface area contributed by atoms with Crippen LogP contribution in [0.15, 0.2) is 18.2 Å². The lowest BCUT2D eigenvalue weighted by atomic mass is 10.1. The first-order chi connectivity index (χ1) is 8.91. The molecule has 0 aromatic heterocycles. The van der Waals surface area contributed by atoms with E-state index in [4.69, 9.17) is 5.11 Å². The highest BCUT2D eigenvalue weighted by molar-refractivity contribution is 5.66. The third-order valence-corrected chi connectivity index (χ3v) is 2.63. The number of nitro benzene ring substituents is 1. The van der Waals surface area contributed by atoms with E-state index in [0.29, 0.717) is 13.0 Å². The summed E-state index contributed by atoms with van der Waals surface area (Å²) in [6, 6.07) is 4.03. The van der Waals surface area contributed by atoms with Gasteiger partial charge in [0.2, 0.25) is 5.82 Å². The number of nitrogens with zero attached hydrogens (tertiary/aromatic N) is 2. The second kappa shape index (κ2) is 6.79. The first-order valence-electron chi connectivity index (χ1n) is 5.74. The Morgan fingerprint density at radius 1 is 1.53 bits per heavy atom. The SMILES string of the molecule is CN(CCCC(=O)O)Cc1cccc([N+](=O)[O-])c1F. The summed E-state index contributed by atoms with van der Waals surface area (Å²) in [5, 5.41) is 19.1. The molecule has 1 aromatic carbocycles. The Morgan fingerprint density at radius 3 is 2.79 bits per heavy atom. The van der Waals surface area contributed by atoms with E-state index in [1.165, 1.54) is 12.1 Å². The predicted octanol–water partition coefficient (Wildman–Crippen LogP) is 2.03. The number of carboxylic acids is 1. The Hall–Kier alpha value is -2.02. The summed E-state index contributed by atoms with van der Waals surface area (Å²) in [4.78, 5) is 21.9. The molecule has 0 saturated heterocycles. The van der Waals surface area contributed by atoms with Gasteiger partial charge >= 0.3 is 11.7 Å². The maximum Gasteiger partial charge on any atom is 0.305 e. The van der Waals surface area contributed by atoms with Gasteiger partial charge in [0.1, 0.15) is 0 Å². The van der Waals surface area contributed by atoms with Crippen LogP contribution in [0.1, 0.15) is 18.4 Å². The first kappa shape index (κ1) is 15.0. The third-order valence-electron chi connectivity index (χ3n) is 2.63. The number of carbonyl (C=O) groups is 1. The Morgan fingerprint density at radius 2 is 2.21 bits per heavy atom. The molecule has 0 amide bonds. The molecule has 1 aromatic rings. The molecule has 0 spiro atoms. The van der Waals surface area contributed by atoms with Gasteiger partial charge in [-0.25, -0.2) is 0 Å². The number of hydrogen-bond acceptors (Lipinski definition) is 4. The van der Waals surface area contributed by atoms with Crippen molar-refractivity contribution in [3.63, 3.8) is 0 Å². The molecule has 0 heterocycles. The molecule has 1 N–H and O–H groups in total. The van der Waals surface area contributed by atoms with E-state index < -0.39 is 22.4 Å². The van der Waals surface area contributed by atoms with Gasteiger partial charge in [-0.3, -0.25) is 14.9 Å². The molecule has 0 aliphatic heterocycles. The highest BCUT2D eigenvalue weighted by Gasteiger charge is 2.17. The van der Waals surface area contributed by atoms with Crippen molar-refractivity contribution in [3.8, 4) is 0 Å². The van der Waals surface area contributed by atoms with Crippen molar-refractivity contribution in [2.75, 3.05) is 13.6 Å². The van der Waals surface area contributed by atoms with Crippen molar-refractivity contribution in [1.82, 2.24) is 4.90 Å². The van der Waals surface area contributed by atoms with Crippen LogP contribution in [-0.4, -0.2) is 34.5 Å². The van der Waals surface area contributed by atoms with Gasteiger partial charge in [0.15, 0.2) is 0 Å². The van der Waals surface area contributed by atoms with E-state index in [-0.39, 0.29) is 18.5 Å². The molecule has 19 heavy (non-hydrogen) atoms. The molecule has 0 radical (unpaired) electrons. The monoisotopic (exact) mass is 270 g/mol. The van der Waals surface area contributed by atoms with Crippen LogP contribution in [0.5, 0.6) is 0 Å². The fraction of sp³-hybridized carbons (Fsp3) is 0.417. The van der Waals surface area contributed by atoms with Gasteiger partial charge in [-0.2, -0.15) is 4.39 Å². The van der Waals surface area contributed by atoms with Gasteiger partial charge in [0.25, 0.3) is 0 Å². The number of benzene rings is 1. The lowest BCUT2D eigenvalue weighted by Crippen LogP contribution is -2.20. The van der Waals surface area contributed by atoms with Gasteiger partial charge in [-0.15, -0.1) is 0 Å². The van der Waals surface area contributed by atoms with Crippen LogP contribution in [0.3, 0.4) is 0 Å². The van der Waals surface area contributed by atoms with Gasteiger partial charge in [-0.1, -0.05) is 12.1 Å². The highest BCUT2D eigenvalue weighted by Crippen LogP contribution is 2.21. The molecule has 0 unspecified atom stereocenters. The molecular weight excluding hydrogens is 255 g/mol. The van der Waals surface area contributed by atoms with Gasteiger partial charge in [0, 0.05) is 24.6 Å². The minimum Gasteiger partial charge on any atom is -0.481 e. The fourth-order valence-electron chi connectivity index (χ4n) is 1.70. The molecule has 104 valence electrons. The van der Waals surface area contributed by atoms with Crippen LogP contribution in [0, 0.1) is 15.9 Å². The largest absolute Gasteiger partial charge is 0.481 e. The zero-order valence-corrected chi connectivity index (χ0v) is 10.5. The van der Waals surface area contributed by atoms with Crippen LogP contribution in [-0.2, 0) is 11.3 Å². The summed E-state index contributed by atoms with van der Waals surface area (Å²) < 4.78 is 13.8. The second-order valence-electron chi connectivity index (χ2n) is 4.24. The summed E-state index contributed by atoms with van der Waals surface area (Å²) >= 11 is 0. The highest BCUT2D eigenvalue weighted by atomic mass is 19.1. The number of rotatable bonds is 7. The predicted molar refractivity (Wildman–Crippen MR) is 66.3 cm³/mol. The van der Waals surface area contributed by atoms with Gasteiger partial charge in [0.05, 0.1) is 4.92 Å². The molecule has 0 bridgehead atoms. The molecule has 0 aliphatic carbocycles. The van der Waals surface area contributed by atoms with Gasteiger partial charge in [-0.05, 0) is 20.0 Å². The Kier molecular flexibility index (Phi) is 5.37. The van der Waals surface area contributed by atoms with Gasteiger partial charge < -0.3 is 10.0 Å². The number of aliphatic carboxylic acids is 1. The van der Waals surface area contributed by atoms with Crippen molar-refractivity contribution in [1.29, 1.82) is 0 Å². The quantitative estimate of drug-likeness (QED) is 0.605. The van der Waals surface area contributed by atoms with E-state index in [0.717, 1.165) is 6.07 Å². The van der Waals surface area contributed by atoms with E-state index in [1.807, 2.05) is 0 Å². The Balaban J connectivity index is 2.64. The summed E-state index contributed by atoms with van der Waals surface area (Å²) in [6.07, 6.45) is 0.490. The molecular formula is C12H15FN2O4. The number of hydrogen-bond donors (Lipinski definition) is 1. The van der Waals surface area contributed by atoms with Crippen molar-refractivity contribution in [2.24, 2.45) is 0 Å². The lowest BCUT2D eigenvalue weighted by molar-refractivity contribution is -0.387. The molecule has 0 atom stereocenters. The number of carboxylic acid groups (broad SMARTS) is 1. The fourth-order valence-corrected chi connectivity index (χ4v) is 1.70. The standard InChI is InChI=1S/C12H15FN2O4/c1-14(7-3-6-11(16)17)8-9-4-2-5-10(12(9)13)15(18)19/h2,4-5H,3,6-8H2,1H3,(H,16,17). The second-order valence-corrected chi connectivity index (χ2v) is 4.24. The van der Waals surface area contributed by atoms with Crippen LogP contribution >= 0.6 is 0 Å². The smallest absolute Gasteiger partial charge is 0.305 e. The van der Waals surface area contributed by atoms with Crippen molar-refractivity contribution < 1.29 is 19.2 Å². The lowest BCUT2D eigenvalue weighted by Gasteiger charge is -2.16. The zero-order valence-electron chi connectivity index (χ0n) is 10.5. The third kappa shape index (κ3) is 4.63. The first-order valence-corrected chi connectivity index (χ1v) is 5.74. The molecule has 0 fully saturated rings. The average molecular weight is 270 g/mol. The Bertz CT molecular complexity index is 479. The molecule has 0 saturated carbocycles. The topological polar surface area (TPSA) is 83.7 Å². The maximum absolute atomic E-state index is 13.8.